The Hall–Kier alpha value is -2.83. The van der Waals surface area contributed by atoms with Gasteiger partial charge in [0.2, 0.25) is 0 Å². The molecule has 0 aliphatic rings. The third-order valence-corrected chi connectivity index (χ3v) is 2.91. The van der Waals surface area contributed by atoms with E-state index < -0.39 is 0 Å². The van der Waals surface area contributed by atoms with Gasteiger partial charge in [-0.15, -0.1) is 5.10 Å². The predicted molar refractivity (Wildman–Crippen MR) is 72.0 cm³/mol. The van der Waals surface area contributed by atoms with Crippen LogP contribution < -0.4 is 10.5 Å². The van der Waals surface area contributed by atoms with Gasteiger partial charge in [0.25, 0.3) is 0 Å². The third-order valence-electron chi connectivity index (χ3n) is 2.91. The number of methoxy groups -OCH3 is 1. The second-order valence-electron chi connectivity index (χ2n) is 4.20. The van der Waals surface area contributed by atoms with Crippen molar-refractivity contribution in [2.45, 2.75) is 6.54 Å². The minimum atomic E-state index is 0.460. The molecule has 102 valence electrons. The number of benzene rings is 1. The highest BCUT2D eigenvalue weighted by Crippen LogP contribution is 2.27. The molecule has 20 heavy (non-hydrogen) atoms. The summed E-state index contributed by atoms with van der Waals surface area (Å²) in [6, 6.07) is 9.12. The smallest absolute Gasteiger partial charge is 0.182 e. The molecule has 1 aromatic carbocycles. The summed E-state index contributed by atoms with van der Waals surface area (Å²) in [5.41, 5.74) is 7.26. The number of hydrogen-bond donors (Lipinski definition) is 1. The fourth-order valence-corrected chi connectivity index (χ4v) is 1.94. The van der Waals surface area contributed by atoms with E-state index in [1.165, 1.54) is 0 Å². The maximum Gasteiger partial charge on any atom is 0.182 e. The summed E-state index contributed by atoms with van der Waals surface area (Å²) in [6.07, 6.45) is 1.62. The Labute approximate surface area is 115 Å². The summed E-state index contributed by atoms with van der Waals surface area (Å²) < 4.78 is 12.1. The molecule has 0 atom stereocenters. The van der Waals surface area contributed by atoms with Gasteiger partial charge in [-0.2, -0.15) is 0 Å². The highest BCUT2D eigenvalue weighted by atomic mass is 16.5. The first-order valence-electron chi connectivity index (χ1n) is 6.00. The fourth-order valence-electron chi connectivity index (χ4n) is 1.94. The van der Waals surface area contributed by atoms with Crippen molar-refractivity contribution in [2.24, 2.45) is 0 Å². The second-order valence-corrected chi connectivity index (χ2v) is 4.20. The Morgan fingerprint density at radius 3 is 2.95 bits per heavy atom. The SMILES string of the molecule is COc1ccc(-c2nnnn2Cc2ccco2)cc1N. The van der Waals surface area contributed by atoms with Gasteiger partial charge < -0.3 is 14.9 Å². The number of nitrogen functional groups attached to an aromatic ring is 1. The topological polar surface area (TPSA) is 92.0 Å². The molecule has 0 spiro atoms. The molecule has 0 radical (unpaired) electrons. The maximum atomic E-state index is 5.90. The summed E-state index contributed by atoms with van der Waals surface area (Å²) in [5, 5.41) is 11.7. The Balaban J connectivity index is 1.95. The van der Waals surface area contributed by atoms with Gasteiger partial charge in [0.1, 0.15) is 18.1 Å². The van der Waals surface area contributed by atoms with Crippen molar-refractivity contribution < 1.29 is 9.15 Å². The lowest BCUT2D eigenvalue weighted by atomic mass is 10.2. The van der Waals surface area contributed by atoms with Crippen molar-refractivity contribution in [3.8, 4) is 17.1 Å². The Kier molecular flexibility index (Phi) is 3.08. The van der Waals surface area contributed by atoms with E-state index >= 15 is 0 Å². The van der Waals surface area contributed by atoms with Crippen molar-refractivity contribution in [2.75, 3.05) is 12.8 Å². The van der Waals surface area contributed by atoms with Crippen LogP contribution in [0.25, 0.3) is 11.4 Å². The molecule has 0 amide bonds. The standard InChI is InChI=1S/C13H13N5O2/c1-19-12-5-4-9(7-11(12)14)13-15-16-17-18(13)8-10-3-2-6-20-10/h2-7H,8,14H2,1H3. The quantitative estimate of drug-likeness (QED) is 0.724. The van der Waals surface area contributed by atoms with Gasteiger partial charge in [-0.1, -0.05) is 0 Å². The summed E-state index contributed by atoms with van der Waals surface area (Å²) in [6.45, 7) is 0.460. The second kappa shape index (κ2) is 5.04. The first kappa shape index (κ1) is 12.2. The summed E-state index contributed by atoms with van der Waals surface area (Å²) in [5.74, 6) is 2.02. The van der Waals surface area contributed by atoms with Gasteiger partial charge in [0.15, 0.2) is 5.82 Å². The molecule has 2 heterocycles. The highest BCUT2D eigenvalue weighted by molar-refractivity contribution is 5.66. The summed E-state index contributed by atoms with van der Waals surface area (Å²) in [4.78, 5) is 0. The van der Waals surface area contributed by atoms with E-state index in [2.05, 4.69) is 15.5 Å². The van der Waals surface area contributed by atoms with E-state index in [4.69, 9.17) is 14.9 Å². The first-order valence-corrected chi connectivity index (χ1v) is 6.00. The molecule has 0 aliphatic heterocycles. The lowest BCUT2D eigenvalue weighted by Crippen LogP contribution is -2.04. The van der Waals surface area contributed by atoms with Crippen molar-refractivity contribution >= 4 is 5.69 Å². The molecule has 0 saturated heterocycles. The number of furan rings is 1. The summed E-state index contributed by atoms with van der Waals surface area (Å²) in [7, 11) is 1.58. The number of rotatable bonds is 4. The van der Waals surface area contributed by atoms with E-state index in [-0.39, 0.29) is 0 Å². The molecule has 3 aromatic rings. The zero-order valence-electron chi connectivity index (χ0n) is 10.9. The van der Waals surface area contributed by atoms with E-state index in [9.17, 15) is 0 Å². The average Bonchev–Trinajstić information content (AvgIpc) is 3.11. The number of hydrogen-bond acceptors (Lipinski definition) is 6. The van der Waals surface area contributed by atoms with Crippen molar-refractivity contribution in [3.05, 3.63) is 42.4 Å². The number of tetrazole rings is 1. The van der Waals surface area contributed by atoms with Crippen molar-refractivity contribution in [3.63, 3.8) is 0 Å². The van der Waals surface area contributed by atoms with Crippen LogP contribution in [0.15, 0.2) is 41.0 Å². The molecule has 7 nitrogen and oxygen atoms in total. The van der Waals surface area contributed by atoms with Crippen molar-refractivity contribution in [1.29, 1.82) is 0 Å². The van der Waals surface area contributed by atoms with E-state index in [0.29, 0.717) is 23.8 Å². The van der Waals surface area contributed by atoms with Crippen LogP contribution >= 0.6 is 0 Å². The van der Waals surface area contributed by atoms with Gasteiger partial charge >= 0.3 is 0 Å². The molecule has 0 saturated carbocycles. The number of ether oxygens (including phenoxy) is 1. The molecular formula is C13H13N5O2. The molecule has 7 heteroatoms. The van der Waals surface area contributed by atoms with Gasteiger partial charge in [0.05, 0.1) is 19.1 Å². The molecule has 2 N–H and O–H groups in total. The molecule has 0 unspecified atom stereocenters. The van der Waals surface area contributed by atoms with Crippen LogP contribution in [0.5, 0.6) is 5.75 Å². The van der Waals surface area contributed by atoms with Crippen LogP contribution in [0.2, 0.25) is 0 Å². The normalized spacial score (nSPS) is 10.7. The van der Waals surface area contributed by atoms with Crippen LogP contribution in [0.3, 0.4) is 0 Å². The average molecular weight is 271 g/mol. The molecule has 2 aromatic heterocycles. The van der Waals surface area contributed by atoms with E-state index in [1.807, 2.05) is 18.2 Å². The highest BCUT2D eigenvalue weighted by Gasteiger charge is 2.12. The minimum absolute atomic E-state index is 0.460. The van der Waals surface area contributed by atoms with Crippen LogP contribution in [-0.2, 0) is 6.54 Å². The van der Waals surface area contributed by atoms with Gasteiger partial charge in [-0.05, 0) is 40.8 Å². The van der Waals surface area contributed by atoms with Gasteiger partial charge in [-0.3, -0.25) is 0 Å². The lowest BCUT2D eigenvalue weighted by Gasteiger charge is -2.07. The molecule has 3 rings (SSSR count). The fraction of sp³-hybridized carbons (Fsp3) is 0.154. The number of aromatic nitrogens is 4. The number of nitrogens with zero attached hydrogens (tertiary/aromatic N) is 4. The molecule has 0 fully saturated rings. The predicted octanol–water partition coefficient (Wildman–Crippen LogP) is 1.57. The van der Waals surface area contributed by atoms with Gasteiger partial charge in [-0.25, -0.2) is 4.68 Å². The first-order chi connectivity index (χ1) is 9.78. The Bertz CT molecular complexity index is 705. The Morgan fingerprint density at radius 2 is 2.25 bits per heavy atom. The lowest BCUT2D eigenvalue weighted by molar-refractivity contribution is 0.417. The van der Waals surface area contributed by atoms with Gasteiger partial charge in [0, 0.05) is 5.56 Å². The van der Waals surface area contributed by atoms with Crippen LogP contribution in [0, 0.1) is 0 Å². The third kappa shape index (κ3) is 2.20. The van der Waals surface area contributed by atoms with E-state index in [1.54, 1.807) is 30.2 Å². The summed E-state index contributed by atoms with van der Waals surface area (Å²) >= 11 is 0. The van der Waals surface area contributed by atoms with Crippen molar-refractivity contribution in [1.82, 2.24) is 20.2 Å². The van der Waals surface area contributed by atoms with Crippen LogP contribution in [0.1, 0.15) is 5.76 Å². The van der Waals surface area contributed by atoms with E-state index in [0.717, 1.165) is 11.3 Å². The zero-order valence-corrected chi connectivity index (χ0v) is 10.9. The molecule has 0 aliphatic carbocycles. The molecule has 0 bridgehead atoms. The maximum absolute atomic E-state index is 5.90. The largest absolute Gasteiger partial charge is 0.495 e. The minimum Gasteiger partial charge on any atom is -0.495 e. The number of nitrogens with two attached hydrogens (primary N) is 1. The Morgan fingerprint density at radius 1 is 1.35 bits per heavy atom. The monoisotopic (exact) mass is 271 g/mol. The number of anilines is 1. The zero-order chi connectivity index (χ0) is 13.9. The molecular weight excluding hydrogens is 258 g/mol. The van der Waals surface area contributed by atoms with Crippen LogP contribution in [-0.4, -0.2) is 27.3 Å². The van der Waals surface area contributed by atoms with Crippen LogP contribution in [0.4, 0.5) is 5.69 Å².